The molecule has 1 aliphatic heterocycles. The van der Waals surface area contributed by atoms with Gasteiger partial charge in [-0.25, -0.2) is 4.79 Å². The minimum absolute atomic E-state index is 0.0741. The largest absolute Gasteiger partial charge is 0.497 e. The maximum atomic E-state index is 13.7. The minimum atomic E-state index is -0.949. The Bertz CT molecular complexity index is 1320. The molecule has 35 heavy (non-hydrogen) atoms. The number of hydrogen-bond donors (Lipinski definition) is 2. The van der Waals surface area contributed by atoms with Crippen LogP contribution < -0.4 is 15.0 Å². The average Bonchev–Trinajstić information content (AvgIpc) is 3.79. The highest BCUT2D eigenvalue weighted by atomic mass is 16.5. The highest BCUT2D eigenvalue weighted by Crippen LogP contribution is 2.57. The van der Waals surface area contributed by atoms with E-state index in [1.165, 1.54) is 5.56 Å². The van der Waals surface area contributed by atoms with Crippen LogP contribution in [0.4, 0.5) is 5.69 Å². The van der Waals surface area contributed by atoms with Crippen molar-refractivity contribution in [2.75, 3.05) is 18.6 Å². The van der Waals surface area contributed by atoms with Crippen molar-refractivity contribution in [2.45, 2.75) is 43.2 Å². The smallest absolute Gasteiger partial charge is 0.335 e. The van der Waals surface area contributed by atoms with E-state index in [1.54, 1.807) is 19.2 Å². The van der Waals surface area contributed by atoms with E-state index in [0.29, 0.717) is 5.56 Å². The van der Waals surface area contributed by atoms with E-state index < -0.39 is 11.5 Å². The van der Waals surface area contributed by atoms with Gasteiger partial charge in [-0.05, 0) is 72.7 Å². The number of nitrogens with zero attached hydrogens (tertiary/aromatic N) is 1. The lowest BCUT2D eigenvalue weighted by Crippen LogP contribution is -2.36. The van der Waals surface area contributed by atoms with Crippen molar-refractivity contribution in [3.63, 3.8) is 0 Å². The molecule has 0 unspecified atom stereocenters. The Balaban J connectivity index is 1.30. The Kier molecular flexibility index (Phi) is 4.88. The third kappa shape index (κ3) is 3.73. The highest BCUT2D eigenvalue weighted by molar-refractivity contribution is 6.02. The van der Waals surface area contributed by atoms with Gasteiger partial charge in [0.05, 0.1) is 29.5 Å². The Morgan fingerprint density at radius 2 is 1.74 bits per heavy atom. The van der Waals surface area contributed by atoms with Crippen LogP contribution >= 0.6 is 0 Å². The van der Waals surface area contributed by atoms with Crippen LogP contribution in [0.2, 0.25) is 0 Å². The summed E-state index contributed by atoms with van der Waals surface area (Å²) in [5.41, 5.74) is 5.13. The minimum Gasteiger partial charge on any atom is -0.497 e. The van der Waals surface area contributed by atoms with Crippen LogP contribution in [-0.4, -0.2) is 30.6 Å². The summed E-state index contributed by atoms with van der Waals surface area (Å²) in [5.74, 6) is -0.191. The van der Waals surface area contributed by atoms with Crippen molar-refractivity contribution in [3.8, 4) is 5.75 Å². The van der Waals surface area contributed by atoms with Crippen LogP contribution in [0.3, 0.4) is 0 Å². The number of carboxylic acid groups (broad SMARTS) is 1. The number of rotatable bonds is 7. The summed E-state index contributed by atoms with van der Waals surface area (Å²) in [6, 6.07) is 21.1. The molecule has 3 aromatic carbocycles. The molecule has 3 aromatic rings. The summed E-state index contributed by atoms with van der Waals surface area (Å²) >= 11 is 0. The van der Waals surface area contributed by atoms with E-state index in [2.05, 4.69) is 28.4 Å². The molecular formula is C29H28N2O4. The number of nitrogens with one attached hydrogen (secondary N) is 1. The van der Waals surface area contributed by atoms with Gasteiger partial charge >= 0.3 is 5.97 Å². The summed E-state index contributed by atoms with van der Waals surface area (Å²) in [6.07, 6.45) is 3.99. The van der Waals surface area contributed by atoms with Gasteiger partial charge in [0.2, 0.25) is 0 Å². The molecule has 6 heteroatoms. The van der Waals surface area contributed by atoms with Gasteiger partial charge in [-0.15, -0.1) is 0 Å². The van der Waals surface area contributed by atoms with Crippen LogP contribution in [0.5, 0.6) is 5.75 Å². The fraction of sp³-hybridized carbons (Fsp3) is 0.310. The third-order valence-corrected chi connectivity index (χ3v) is 7.81. The number of carboxylic acids is 1. The molecule has 2 aliphatic carbocycles. The SMILES string of the molecule is COc1cccc(CN2CC3(CC3)c3cccc(C(=O)NC4(c5ccc(C(=O)O)cc5)CC4)c32)c1. The first kappa shape index (κ1) is 21.7. The zero-order chi connectivity index (χ0) is 24.2. The van der Waals surface area contributed by atoms with Gasteiger partial charge in [0.15, 0.2) is 0 Å². The van der Waals surface area contributed by atoms with Gasteiger partial charge in [-0.1, -0.05) is 36.4 Å². The quantitative estimate of drug-likeness (QED) is 0.518. The molecule has 1 heterocycles. The molecule has 2 fully saturated rings. The molecule has 0 saturated heterocycles. The predicted molar refractivity (Wildman–Crippen MR) is 133 cm³/mol. The molecule has 178 valence electrons. The second kappa shape index (κ2) is 7.87. The standard InChI is InChI=1S/C29H28N2O4/c1-35-22-5-2-4-19(16-22)17-31-18-28(12-13-28)24-7-3-6-23(25(24)31)26(32)30-29(14-15-29)21-10-8-20(9-11-21)27(33)34/h2-11,16H,12-15,17-18H2,1H3,(H,30,32)(H,33,34). The molecule has 1 amide bonds. The van der Waals surface area contributed by atoms with Gasteiger partial charge in [-0.3, -0.25) is 4.79 Å². The molecule has 2 saturated carbocycles. The summed E-state index contributed by atoms with van der Waals surface area (Å²) < 4.78 is 5.41. The normalized spacial score (nSPS) is 18.1. The number of hydrogen-bond acceptors (Lipinski definition) is 4. The monoisotopic (exact) mass is 468 g/mol. The van der Waals surface area contributed by atoms with Gasteiger partial charge in [0.1, 0.15) is 5.75 Å². The Morgan fingerprint density at radius 1 is 1.00 bits per heavy atom. The number of methoxy groups -OCH3 is 1. The number of anilines is 1. The summed E-state index contributed by atoms with van der Waals surface area (Å²) in [5, 5.41) is 12.5. The van der Waals surface area contributed by atoms with Crippen LogP contribution in [0.1, 0.15) is 63.1 Å². The fourth-order valence-corrected chi connectivity index (χ4v) is 5.56. The summed E-state index contributed by atoms with van der Waals surface area (Å²) in [4.78, 5) is 27.3. The van der Waals surface area contributed by atoms with Crippen LogP contribution in [0.25, 0.3) is 0 Å². The molecule has 6 nitrogen and oxygen atoms in total. The average molecular weight is 469 g/mol. The van der Waals surface area contributed by atoms with Crippen molar-refractivity contribution in [1.29, 1.82) is 0 Å². The first-order chi connectivity index (χ1) is 16.9. The number of carbonyl (C=O) groups excluding carboxylic acids is 1. The van der Waals surface area contributed by atoms with Crippen molar-refractivity contribution >= 4 is 17.6 Å². The summed E-state index contributed by atoms with van der Waals surface area (Å²) in [7, 11) is 1.68. The Labute approximate surface area is 204 Å². The van der Waals surface area contributed by atoms with Crippen LogP contribution in [0.15, 0.2) is 66.7 Å². The maximum Gasteiger partial charge on any atom is 0.335 e. The first-order valence-corrected chi connectivity index (χ1v) is 12.1. The number of benzene rings is 3. The van der Waals surface area contributed by atoms with Crippen LogP contribution in [0, 0.1) is 0 Å². The van der Waals surface area contributed by atoms with Crippen molar-refractivity contribution in [2.24, 2.45) is 0 Å². The van der Waals surface area contributed by atoms with E-state index in [0.717, 1.165) is 61.3 Å². The molecule has 6 rings (SSSR count). The van der Waals surface area contributed by atoms with E-state index in [9.17, 15) is 14.7 Å². The lowest BCUT2D eigenvalue weighted by molar-refractivity contribution is 0.0696. The molecule has 1 spiro atoms. The van der Waals surface area contributed by atoms with E-state index in [1.807, 2.05) is 36.4 Å². The zero-order valence-electron chi connectivity index (χ0n) is 19.7. The number of ether oxygens (including phenoxy) is 1. The molecular weight excluding hydrogens is 440 g/mol. The number of amides is 1. The number of para-hydroxylation sites is 1. The van der Waals surface area contributed by atoms with Crippen LogP contribution in [-0.2, 0) is 17.5 Å². The fourth-order valence-electron chi connectivity index (χ4n) is 5.56. The first-order valence-electron chi connectivity index (χ1n) is 12.1. The third-order valence-electron chi connectivity index (χ3n) is 7.81. The molecule has 0 radical (unpaired) electrons. The van der Waals surface area contributed by atoms with Crippen molar-refractivity contribution in [1.82, 2.24) is 5.32 Å². The van der Waals surface area contributed by atoms with Gasteiger partial charge < -0.3 is 20.1 Å². The van der Waals surface area contributed by atoms with Gasteiger partial charge in [0.25, 0.3) is 5.91 Å². The van der Waals surface area contributed by atoms with E-state index in [-0.39, 0.29) is 16.9 Å². The number of carbonyl (C=O) groups is 2. The van der Waals surface area contributed by atoms with Gasteiger partial charge in [-0.2, -0.15) is 0 Å². The predicted octanol–water partition coefficient (Wildman–Crippen LogP) is 4.86. The maximum absolute atomic E-state index is 13.7. The highest BCUT2D eigenvalue weighted by Gasteiger charge is 2.53. The lowest BCUT2D eigenvalue weighted by atomic mass is 9.96. The van der Waals surface area contributed by atoms with Crippen molar-refractivity contribution in [3.05, 3.63) is 94.5 Å². The number of fused-ring (bicyclic) bond motifs is 2. The second-order valence-corrected chi connectivity index (χ2v) is 10.1. The zero-order valence-corrected chi connectivity index (χ0v) is 19.7. The topological polar surface area (TPSA) is 78.9 Å². The second-order valence-electron chi connectivity index (χ2n) is 10.1. The van der Waals surface area contributed by atoms with Gasteiger partial charge in [0, 0.05) is 18.5 Å². The molecule has 2 N–H and O–H groups in total. The molecule has 0 bridgehead atoms. The summed E-state index contributed by atoms with van der Waals surface area (Å²) in [6.45, 7) is 1.64. The lowest BCUT2D eigenvalue weighted by Gasteiger charge is -2.24. The van der Waals surface area contributed by atoms with E-state index in [4.69, 9.17) is 4.74 Å². The molecule has 0 atom stereocenters. The molecule has 0 aromatic heterocycles. The van der Waals surface area contributed by atoms with E-state index >= 15 is 0 Å². The Hall–Kier alpha value is -3.80. The number of aromatic carboxylic acids is 1. The Morgan fingerprint density at radius 3 is 2.40 bits per heavy atom. The molecule has 3 aliphatic rings. The van der Waals surface area contributed by atoms with Crippen molar-refractivity contribution < 1.29 is 19.4 Å².